The van der Waals surface area contributed by atoms with E-state index in [1.807, 2.05) is 30.3 Å². The molecule has 20 heavy (non-hydrogen) atoms. The molecule has 0 saturated carbocycles. The zero-order valence-corrected chi connectivity index (χ0v) is 11.3. The summed E-state index contributed by atoms with van der Waals surface area (Å²) >= 11 is 6.08. The molecule has 0 atom stereocenters. The molecule has 0 fully saturated rings. The normalized spacial score (nSPS) is 10.7. The Labute approximate surface area is 121 Å². The number of nitrogen functional groups attached to an aromatic ring is 1. The fourth-order valence-corrected chi connectivity index (χ4v) is 2.07. The van der Waals surface area contributed by atoms with E-state index in [0.717, 1.165) is 11.1 Å². The molecule has 0 spiro atoms. The molecule has 6 heteroatoms. The Hall–Kier alpha value is -2.40. The van der Waals surface area contributed by atoms with Gasteiger partial charge in [-0.3, -0.25) is 4.98 Å². The van der Waals surface area contributed by atoms with Crippen molar-refractivity contribution in [2.24, 2.45) is 0 Å². The van der Waals surface area contributed by atoms with Crippen molar-refractivity contribution >= 4 is 17.3 Å². The van der Waals surface area contributed by atoms with Gasteiger partial charge in [0.05, 0.1) is 11.6 Å². The summed E-state index contributed by atoms with van der Waals surface area (Å²) in [5.74, 6) is 0.641. The topological polar surface area (TPSA) is 69.6 Å². The molecule has 2 heterocycles. The fraction of sp³-hybridized carbons (Fsp3) is 0.0714. The van der Waals surface area contributed by atoms with E-state index >= 15 is 0 Å². The first kappa shape index (κ1) is 12.6. The van der Waals surface area contributed by atoms with Gasteiger partial charge in [0.2, 0.25) is 0 Å². The van der Waals surface area contributed by atoms with Crippen molar-refractivity contribution in [3.63, 3.8) is 0 Å². The Bertz CT molecular complexity index is 738. The second-order valence-corrected chi connectivity index (χ2v) is 4.77. The zero-order chi connectivity index (χ0) is 13.9. The summed E-state index contributed by atoms with van der Waals surface area (Å²) in [5.41, 5.74) is 8.29. The Morgan fingerprint density at radius 2 is 2.15 bits per heavy atom. The summed E-state index contributed by atoms with van der Waals surface area (Å²) < 4.78 is 1.74. The van der Waals surface area contributed by atoms with Crippen LogP contribution >= 0.6 is 11.6 Å². The maximum Gasteiger partial charge on any atom is 0.181 e. The molecule has 0 amide bonds. The monoisotopic (exact) mass is 285 g/mol. The third-order valence-electron chi connectivity index (χ3n) is 2.87. The van der Waals surface area contributed by atoms with Crippen LogP contribution in [-0.4, -0.2) is 19.7 Å². The molecule has 0 unspecified atom stereocenters. The summed E-state index contributed by atoms with van der Waals surface area (Å²) in [7, 11) is 0. The van der Waals surface area contributed by atoms with E-state index in [-0.39, 0.29) is 0 Å². The van der Waals surface area contributed by atoms with Crippen molar-refractivity contribution in [2.75, 3.05) is 5.73 Å². The number of pyridine rings is 1. The molecule has 0 radical (unpaired) electrons. The van der Waals surface area contributed by atoms with Crippen LogP contribution in [0.1, 0.15) is 5.56 Å². The van der Waals surface area contributed by atoms with Crippen LogP contribution in [0.4, 0.5) is 5.69 Å². The second kappa shape index (κ2) is 5.30. The van der Waals surface area contributed by atoms with E-state index in [4.69, 9.17) is 17.3 Å². The number of rotatable bonds is 3. The molecule has 3 rings (SSSR count). The zero-order valence-electron chi connectivity index (χ0n) is 10.6. The molecule has 2 N–H and O–H groups in total. The van der Waals surface area contributed by atoms with E-state index in [1.165, 1.54) is 0 Å². The SMILES string of the molecule is Nc1cccc(-c2ncn(Cc3ccncc3Cl)n2)c1. The molecule has 5 nitrogen and oxygen atoms in total. The molecule has 2 aromatic heterocycles. The van der Waals surface area contributed by atoms with E-state index in [9.17, 15) is 0 Å². The van der Waals surface area contributed by atoms with Gasteiger partial charge in [0.25, 0.3) is 0 Å². The third-order valence-corrected chi connectivity index (χ3v) is 3.21. The minimum absolute atomic E-state index is 0.552. The van der Waals surface area contributed by atoms with Gasteiger partial charge >= 0.3 is 0 Å². The molecule has 0 aliphatic rings. The summed E-state index contributed by atoms with van der Waals surface area (Å²) in [4.78, 5) is 8.25. The van der Waals surface area contributed by atoms with Crippen LogP contribution in [0.5, 0.6) is 0 Å². The predicted octanol–water partition coefficient (Wildman–Crippen LogP) is 2.62. The Kier molecular flexibility index (Phi) is 3.35. The highest BCUT2D eigenvalue weighted by Crippen LogP contribution is 2.18. The lowest BCUT2D eigenvalue weighted by Gasteiger charge is -2.02. The smallest absolute Gasteiger partial charge is 0.181 e. The van der Waals surface area contributed by atoms with Gasteiger partial charge in [-0.1, -0.05) is 23.7 Å². The lowest BCUT2D eigenvalue weighted by Crippen LogP contribution is -2.01. The van der Waals surface area contributed by atoms with Gasteiger partial charge in [-0.25, -0.2) is 9.67 Å². The number of anilines is 1. The molecule has 0 aliphatic heterocycles. The average molecular weight is 286 g/mol. The number of nitrogens with two attached hydrogens (primary N) is 1. The highest BCUT2D eigenvalue weighted by Gasteiger charge is 2.06. The highest BCUT2D eigenvalue weighted by molar-refractivity contribution is 6.31. The first-order valence-corrected chi connectivity index (χ1v) is 6.44. The summed E-state index contributed by atoms with van der Waals surface area (Å²) in [6.45, 7) is 0.552. The van der Waals surface area contributed by atoms with Gasteiger partial charge in [0.15, 0.2) is 5.82 Å². The maximum atomic E-state index is 6.08. The van der Waals surface area contributed by atoms with Gasteiger partial charge in [0, 0.05) is 23.6 Å². The van der Waals surface area contributed by atoms with Crippen molar-refractivity contribution in [2.45, 2.75) is 6.54 Å². The summed E-state index contributed by atoms with van der Waals surface area (Å²) in [5, 5.41) is 5.05. The molecular weight excluding hydrogens is 274 g/mol. The highest BCUT2D eigenvalue weighted by atomic mass is 35.5. The summed E-state index contributed by atoms with van der Waals surface area (Å²) in [6.07, 6.45) is 5.00. The van der Waals surface area contributed by atoms with Gasteiger partial charge in [-0.15, -0.1) is 0 Å². The van der Waals surface area contributed by atoms with Crippen LogP contribution in [0.2, 0.25) is 5.02 Å². The molecule has 1 aromatic carbocycles. The maximum absolute atomic E-state index is 6.08. The van der Waals surface area contributed by atoms with Gasteiger partial charge in [0.1, 0.15) is 6.33 Å². The Morgan fingerprint density at radius 1 is 1.25 bits per heavy atom. The quantitative estimate of drug-likeness (QED) is 0.751. The first-order chi connectivity index (χ1) is 9.72. The van der Waals surface area contributed by atoms with Gasteiger partial charge < -0.3 is 5.73 Å². The molecule has 0 bridgehead atoms. The van der Waals surface area contributed by atoms with E-state index in [1.54, 1.807) is 23.4 Å². The average Bonchev–Trinajstić information content (AvgIpc) is 2.90. The standard InChI is InChI=1S/C14H12ClN5/c15-13-7-17-5-4-11(13)8-20-9-18-14(19-20)10-2-1-3-12(16)6-10/h1-7,9H,8,16H2. The second-order valence-electron chi connectivity index (χ2n) is 4.36. The Morgan fingerprint density at radius 3 is 2.95 bits per heavy atom. The molecule has 0 aliphatic carbocycles. The van der Waals surface area contributed by atoms with Crippen LogP contribution < -0.4 is 5.73 Å². The molecular formula is C14H12ClN5. The molecule has 100 valence electrons. The number of benzene rings is 1. The lowest BCUT2D eigenvalue weighted by molar-refractivity contribution is 0.686. The lowest BCUT2D eigenvalue weighted by atomic mass is 10.2. The van der Waals surface area contributed by atoms with Gasteiger partial charge in [-0.05, 0) is 23.8 Å². The van der Waals surface area contributed by atoms with Crippen molar-refractivity contribution < 1.29 is 0 Å². The van der Waals surface area contributed by atoms with Crippen LogP contribution in [0.15, 0.2) is 49.1 Å². The van der Waals surface area contributed by atoms with Crippen LogP contribution in [0, 0.1) is 0 Å². The number of halogens is 1. The fourth-order valence-electron chi connectivity index (χ4n) is 1.89. The van der Waals surface area contributed by atoms with Crippen molar-refractivity contribution in [1.82, 2.24) is 19.7 Å². The minimum Gasteiger partial charge on any atom is -0.399 e. The first-order valence-electron chi connectivity index (χ1n) is 6.06. The van der Waals surface area contributed by atoms with E-state index in [0.29, 0.717) is 23.1 Å². The van der Waals surface area contributed by atoms with Crippen LogP contribution in [-0.2, 0) is 6.54 Å². The predicted molar refractivity (Wildman–Crippen MR) is 78.2 cm³/mol. The van der Waals surface area contributed by atoms with Crippen molar-refractivity contribution in [3.05, 3.63) is 59.6 Å². The number of aromatic nitrogens is 4. The molecule has 3 aromatic rings. The van der Waals surface area contributed by atoms with E-state index < -0.39 is 0 Å². The largest absolute Gasteiger partial charge is 0.399 e. The minimum atomic E-state index is 0.552. The number of nitrogens with zero attached hydrogens (tertiary/aromatic N) is 4. The summed E-state index contributed by atoms with van der Waals surface area (Å²) in [6, 6.07) is 9.35. The van der Waals surface area contributed by atoms with Crippen molar-refractivity contribution in [1.29, 1.82) is 0 Å². The Balaban J connectivity index is 1.86. The van der Waals surface area contributed by atoms with Crippen LogP contribution in [0.3, 0.4) is 0 Å². The van der Waals surface area contributed by atoms with E-state index in [2.05, 4.69) is 15.1 Å². The molecule has 0 saturated heterocycles. The third kappa shape index (κ3) is 2.62. The number of hydrogen-bond acceptors (Lipinski definition) is 4. The van der Waals surface area contributed by atoms with Gasteiger partial charge in [-0.2, -0.15) is 5.10 Å². The number of hydrogen-bond donors (Lipinski definition) is 1. The van der Waals surface area contributed by atoms with Crippen LogP contribution in [0.25, 0.3) is 11.4 Å². The van der Waals surface area contributed by atoms with Crippen molar-refractivity contribution in [3.8, 4) is 11.4 Å².